The van der Waals surface area contributed by atoms with Crippen LogP contribution in [0.4, 0.5) is 5.69 Å². The van der Waals surface area contributed by atoms with Crippen molar-refractivity contribution in [2.75, 3.05) is 5.32 Å². The quantitative estimate of drug-likeness (QED) is 0.776. The molecule has 1 aliphatic rings. The monoisotopic (exact) mass is 274 g/mol. The minimum Gasteiger partial charge on any atom is -0.381 e. The summed E-state index contributed by atoms with van der Waals surface area (Å²) in [5.74, 6) is 0. The number of nitrogens with one attached hydrogen (secondary N) is 1. The Morgan fingerprint density at radius 3 is 2.85 bits per heavy atom. The van der Waals surface area contributed by atoms with Gasteiger partial charge in [-0.05, 0) is 39.5 Å². The average molecular weight is 274 g/mol. The Morgan fingerprint density at radius 1 is 1.50 bits per heavy atom. The van der Waals surface area contributed by atoms with Gasteiger partial charge in [0.1, 0.15) is 0 Å². The van der Waals surface area contributed by atoms with Crippen LogP contribution in [-0.2, 0) is 6.54 Å². The third-order valence-corrected chi connectivity index (χ3v) is 3.54. The third-order valence-electron chi connectivity index (χ3n) is 3.54. The van der Waals surface area contributed by atoms with Gasteiger partial charge in [-0.3, -0.25) is 4.79 Å². The topological polar surface area (TPSA) is 70.7 Å². The number of nitriles is 1. The summed E-state index contributed by atoms with van der Waals surface area (Å²) in [6, 6.07) is 4.43. The Bertz CT molecular complexity index is 552. The van der Waals surface area contributed by atoms with Crippen molar-refractivity contribution >= 4 is 5.69 Å². The van der Waals surface area contributed by atoms with E-state index >= 15 is 0 Å². The molecule has 1 heterocycles. The first-order valence-electron chi connectivity index (χ1n) is 7.25. The zero-order chi connectivity index (χ0) is 14.6. The standard InChI is InChI=1S/C15H22N4O/c1-15(2,11-16)7-3-4-8-19-14(20)9-13(10-17-19)18-12-5-6-12/h9-10,12,18H,3-8H2,1-2H3. The van der Waals surface area contributed by atoms with E-state index in [4.69, 9.17) is 5.26 Å². The molecule has 0 unspecified atom stereocenters. The molecule has 5 nitrogen and oxygen atoms in total. The summed E-state index contributed by atoms with van der Waals surface area (Å²) < 4.78 is 1.50. The largest absolute Gasteiger partial charge is 0.381 e. The second-order valence-corrected chi connectivity index (χ2v) is 6.18. The molecular formula is C15H22N4O. The van der Waals surface area contributed by atoms with E-state index in [-0.39, 0.29) is 11.0 Å². The smallest absolute Gasteiger partial charge is 0.268 e. The molecule has 0 spiro atoms. The summed E-state index contributed by atoms with van der Waals surface area (Å²) in [5, 5.41) is 16.4. The van der Waals surface area contributed by atoms with Crippen LogP contribution in [0.2, 0.25) is 0 Å². The summed E-state index contributed by atoms with van der Waals surface area (Å²) in [4.78, 5) is 11.9. The first kappa shape index (κ1) is 14.6. The third kappa shape index (κ3) is 4.37. The van der Waals surface area contributed by atoms with Crippen molar-refractivity contribution in [3.63, 3.8) is 0 Å². The second kappa shape index (κ2) is 6.08. The summed E-state index contributed by atoms with van der Waals surface area (Å²) in [6.45, 7) is 4.50. The van der Waals surface area contributed by atoms with Crippen molar-refractivity contribution in [2.24, 2.45) is 5.41 Å². The van der Waals surface area contributed by atoms with Crippen molar-refractivity contribution in [3.8, 4) is 6.07 Å². The molecule has 0 amide bonds. The highest BCUT2D eigenvalue weighted by molar-refractivity contribution is 5.41. The van der Waals surface area contributed by atoms with Crippen LogP contribution >= 0.6 is 0 Å². The number of hydrogen-bond donors (Lipinski definition) is 1. The molecule has 0 saturated heterocycles. The fourth-order valence-corrected chi connectivity index (χ4v) is 2.03. The molecule has 0 aromatic carbocycles. The molecule has 0 radical (unpaired) electrons. The first-order valence-corrected chi connectivity index (χ1v) is 7.25. The molecular weight excluding hydrogens is 252 g/mol. The Balaban J connectivity index is 1.81. The van der Waals surface area contributed by atoms with Crippen LogP contribution in [0.3, 0.4) is 0 Å². The van der Waals surface area contributed by atoms with E-state index in [1.807, 2.05) is 13.8 Å². The van der Waals surface area contributed by atoms with Crippen LogP contribution in [0, 0.1) is 16.7 Å². The molecule has 1 saturated carbocycles. The number of aryl methyl sites for hydroxylation is 1. The second-order valence-electron chi connectivity index (χ2n) is 6.18. The molecule has 1 aromatic heterocycles. The molecule has 20 heavy (non-hydrogen) atoms. The van der Waals surface area contributed by atoms with Crippen LogP contribution in [-0.4, -0.2) is 15.8 Å². The molecule has 1 fully saturated rings. The lowest BCUT2D eigenvalue weighted by molar-refractivity contribution is 0.408. The maximum atomic E-state index is 11.9. The molecule has 0 aliphatic heterocycles. The lowest BCUT2D eigenvalue weighted by Crippen LogP contribution is -2.23. The van der Waals surface area contributed by atoms with E-state index in [1.165, 1.54) is 17.5 Å². The van der Waals surface area contributed by atoms with E-state index in [1.54, 1.807) is 12.3 Å². The molecule has 5 heteroatoms. The first-order chi connectivity index (χ1) is 9.50. The fourth-order valence-electron chi connectivity index (χ4n) is 2.03. The summed E-state index contributed by atoms with van der Waals surface area (Å²) in [7, 11) is 0. The zero-order valence-electron chi connectivity index (χ0n) is 12.2. The maximum Gasteiger partial charge on any atom is 0.268 e. The van der Waals surface area contributed by atoms with E-state index in [0.717, 1.165) is 24.9 Å². The van der Waals surface area contributed by atoms with Crippen LogP contribution in [0.1, 0.15) is 46.0 Å². The maximum absolute atomic E-state index is 11.9. The summed E-state index contributed by atoms with van der Waals surface area (Å²) in [5.41, 5.74) is 0.478. The minimum absolute atomic E-state index is 0.0600. The molecule has 1 aromatic rings. The number of unbranched alkanes of at least 4 members (excludes halogenated alkanes) is 1. The van der Waals surface area contributed by atoms with Gasteiger partial charge in [0.15, 0.2) is 0 Å². The Hall–Kier alpha value is -1.83. The van der Waals surface area contributed by atoms with Gasteiger partial charge in [-0.25, -0.2) is 4.68 Å². The van der Waals surface area contributed by atoms with Gasteiger partial charge in [0, 0.05) is 18.7 Å². The van der Waals surface area contributed by atoms with Gasteiger partial charge in [0.05, 0.1) is 23.4 Å². The fraction of sp³-hybridized carbons (Fsp3) is 0.667. The number of aromatic nitrogens is 2. The molecule has 0 bridgehead atoms. The van der Waals surface area contributed by atoms with E-state index < -0.39 is 0 Å². The zero-order valence-corrected chi connectivity index (χ0v) is 12.2. The molecule has 108 valence electrons. The van der Waals surface area contributed by atoms with Crippen LogP contribution in [0.25, 0.3) is 0 Å². The molecule has 0 atom stereocenters. The average Bonchev–Trinajstić information content (AvgIpc) is 3.21. The predicted molar refractivity (Wildman–Crippen MR) is 78.4 cm³/mol. The highest BCUT2D eigenvalue weighted by Gasteiger charge is 2.21. The summed E-state index contributed by atoms with van der Waals surface area (Å²) >= 11 is 0. The number of hydrogen-bond acceptors (Lipinski definition) is 4. The van der Waals surface area contributed by atoms with Crippen molar-refractivity contribution in [1.82, 2.24) is 9.78 Å². The Kier molecular flexibility index (Phi) is 4.43. The number of nitrogens with zero attached hydrogens (tertiary/aromatic N) is 3. The van der Waals surface area contributed by atoms with Crippen molar-refractivity contribution in [2.45, 2.75) is 58.5 Å². The van der Waals surface area contributed by atoms with Gasteiger partial charge in [0.25, 0.3) is 5.56 Å². The van der Waals surface area contributed by atoms with Gasteiger partial charge in [0.2, 0.25) is 0 Å². The van der Waals surface area contributed by atoms with Gasteiger partial charge in [-0.15, -0.1) is 0 Å². The molecule has 2 rings (SSSR count). The lowest BCUT2D eigenvalue weighted by atomic mass is 9.89. The normalized spacial score (nSPS) is 14.8. The van der Waals surface area contributed by atoms with Gasteiger partial charge in [-0.2, -0.15) is 10.4 Å². The van der Waals surface area contributed by atoms with E-state index in [0.29, 0.717) is 12.6 Å². The van der Waals surface area contributed by atoms with Crippen molar-refractivity contribution in [1.29, 1.82) is 5.26 Å². The Morgan fingerprint density at radius 2 is 2.25 bits per heavy atom. The summed E-state index contributed by atoms with van der Waals surface area (Å²) in [6.07, 6.45) is 6.72. The predicted octanol–water partition coefficient (Wildman–Crippen LogP) is 2.54. The van der Waals surface area contributed by atoms with Crippen molar-refractivity contribution in [3.05, 3.63) is 22.6 Å². The highest BCUT2D eigenvalue weighted by Crippen LogP contribution is 2.23. The Labute approximate surface area is 119 Å². The van der Waals surface area contributed by atoms with Gasteiger partial charge < -0.3 is 5.32 Å². The van der Waals surface area contributed by atoms with Crippen LogP contribution < -0.4 is 10.9 Å². The van der Waals surface area contributed by atoms with Crippen LogP contribution in [0.15, 0.2) is 17.1 Å². The SMILES string of the molecule is CC(C)(C#N)CCCCn1ncc(NC2CC2)cc1=O. The molecule has 1 N–H and O–H groups in total. The van der Waals surface area contributed by atoms with E-state index in [2.05, 4.69) is 16.5 Å². The lowest BCUT2D eigenvalue weighted by Gasteiger charge is -2.14. The van der Waals surface area contributed by atoms with Crippen molar-refractivity contribution < 1.29 is 0 Å². The van der Waals surface area contributed by atoms with E-state index in [9.17, 15) is 4.79 Å². The minimum atomic E-state index is -0.281. The highest BCUT2D eigenvalue weighted by atomic mass is 16.1. The van der Waals surface area contributed by atoms with Gasteiger partial charge >= 0.3 is 0 Å². The van der Waals surface area contributed by atoms with Gasteiger partial charge in [-0.1, -0.05) is 6.42 Å². The number of rotatable bonds is 7. The van der Waals surface area contributed by atoms with Crippen LogP contribution in [0.5, 0.6) is 0 Å². The molecule has 1 aliphatic carbocycles. The number of anilines is 1.